The van der Waals surface area contributed by atoms with Gasteiger partial charge in [-0.15, -0.1) is 0 Å². The summed E-state index contributed by atoms with van der Waals surface area (Å²) in [5.74, 6) is -0.00119. The lowest BCUT2D eigenvalue weighted by molar-refractivity contribution is -0.117. The fourth-order valence-corrected chi connectivity index (χ4v) is 3.00. The number of nitrogens with two attached hydrogens (primary N) is 1. The lowest BCUT2D eigenvalue weighted by Crippen LogP contribution is -2.40. The van der Waals surface area contributed by atoms with Crippen LogP contribution in [0.5, 0.6) is 0 Å². The zero-order valence-electron chi connectivity index (χ0n) is 11.4. The molecule has 0 atom stereocenters. The average molecular weight is 269 g/mol. The summed E-state index contributed by atoms with van der Waals surface area (Å²) in [6, 6.07) is 7.74. The number of nitrogens with one attached hydrogen (secondary N) is 1. The predicted molar refractivity (Wildman–Crippen MR) is 80.4 cm³/mol. The number of carbonyl (C=O) groups is 1. The third-order valence-corrected chi connectivity index (χ3v) is 4.07. The van der Waals surface area contributed by atoms with Gasteiger partial charge in [0.25, 0.3) is 0 Å². The van der Waals surface area contributed by atoms with Crippen molar-refractivity contribution in [2.75, 3.05) is 5.32 Å². The standard InChI is InChI=1S/C16H19N3O/c17-16(7-1-2-8-16)10-15(20)19-14-5-3-4-12-11-18-9-6-13(12)14/h3-6,9,11H,1-2,7-8,10,17H2,(H,19,20). The second-order valence-corrected chi connectivity index (χ2v) is 5.70. The third-order valence-electron chi connectivity index (χ3n) is 4.07. The molecule has 1 aromatic heterocycles. The Kier molecular flexibility index (Phi) is 3.40. The van der Waals surface area contributed by atoms with E-state index in [-0.39, 0.29) is 11.4 Å². The Labute approximate surface area is 118 Å². The molecule has 1 heterocycles. The maximum absolute atomic E-state index is 12.2. The number of aromatic nitrogens is 1. The van der Waals surface area contributed by atoms with Crippen molar-refractivity contribution in [1.82, 2.24) is 4.98 Å². The third kappa shape index (κ3) is 2.65. The van der Waals surface area contributed by atoms with Crippen LogP contribution in [0.15, 0.2) is 36.7 Å². The second-order valence-electron chi connectivity index (χ2n) is 5.70. The van der Waals surface area contributed by atoms with Gasteiger partial charge in [0.1, 0.15) is 0 Å². The van der Waals surface area contributed by atoms with Gasteiger partial charge in [-0.2, -0.15) is 0 Å². The number of rotatable bonds is 3. The van der Waals surface area contributed by atoms with E-state index in [9.17, 15) is 4.79 Å². The molecule has 1 fully saturated rings. The van der Waals surface area contributed by atoms with E-state index in [1.165, 1.54) is 0 Å². The van der Waals surface area contributed by atoms with Gasteiger partial charge in [-0.3, -0.25) is 9.78 Å². The van der Waals surface area contributed by atoms with Crippen LogP contribution in [0.2, 0.25) is 0 Å². The first-order valence-electron chi connectivity index (χ1n) is 7.08. The molecule has 1 aliphatic rings. The highest BCUT2D eigenvalue weighted by Crippen LogP contribution is 2.30. The molecule has 0 unspecified atom stereocenters. The van der Waals surface area contributed by atoms with Gasteiger partial charge in [0.15, 0.2) is 0 Å². The minimum Gasteiger partial charge on any atom is -0.325 e. The van der Waals surface area contributed by atoms with Gasteiger partial charge < -0.3 is 11.1 Å². The minimum absolute atomic E-state index is 0.00119. The van der Waals surface area contributed by atoms with Gasteiger partial charge in [-0.1, -0.05) is 25.0 Å². The molecule has 0 aliphatic heterocycles. The molecule has 0 saturated heterocycles. The largest absolute Gasteiger partial charge is 0.325 e. The van der Waals surface area contributed by atoms with Crippen molar-refractivity contribution in [1.29, 1.82) is 0 Å². The zero-order chi connectivity index (χ0) is 14.0. The van der Waals surface area contributed by atoms with Crippen LogP contribution in [0, 0.1) is 0 Å². The first-order chi connectivity index (χ1) is 9.66. The van der Waals surface area contributed by atoms with Gasteiger partial charge >= 0.3 is 0 Å². The van der Waals surface area contributed by atoms with Crippen LogP contribution in [0.25, 0.3) is 10.8 Å². The summed E-state index contributed by atoms with van der Waals surface area (Å²) in [6.07, 6.45) is 8.08. The van der Waals surface area contributed by atoms with E-state index in [4.69, 9.17) is 5.73 Å². The summed E-state index contributed by atoms with van der Waals surface area (Å²) in [7, 11) is 0. The van der Waals surface area contributed by atoms with Gasteiger partial charge in [0, 0.05) is 40.8 Å². The van der Waals surface area contributed by atoms with E-state index in [2.05, 4.69) is 10.3 Å². The summed E-state index contributed by atoms with van der Waals surface area (Å²) in [6.45, 7) is 0. The number of benzene rings is 1. The van der Waals surface area contributed by atoms with E-state index in [1.807, 2.05) is 24.3 Å². The average Bonchev–Trinajstić information content (AvgIpc) is 2.85. The fourth-order valence-electron chi connectivity index (χ4n) is 3.00. The molecular formula is C16H19N3O. The minimum atomic E-state index is -0.309. The summed E-state index contributed by atoms with van der Waals surface area (Å²) in [4.78, 5) is 16.3. The number of nitrogens with zero attached hydrogens (tertiary/aromatic N) is 1. The van der Waals surface area contributed by atoms with Crippen LogP contribution in [-0.2, 0) is 4.79 Å². The van der Waals surface area contributed by atoms with Gasteiger partial charge in [0.05, 0.1) is 0 Å². The highest BCUT2D eigenvalue weighted by Gasteiger charge is 2.31. The van der Waals surface area contributed by atoms with E-state index >= 15 is 0 Å². The van der Waals surface area contributed by atoms with E-state index in [0.29, 0.717) is 6.42 Å². The molecule has 4 heteroatoms. The number of anilines is 1. The zero-order valence-corrected chi connectivity index (χ0v) is 11.4. The number of fused-ring (bicyclic) bond motifs is 1. The van der Waals surface area contributed by atoms with Crippen LogP contribution in [-0.4, -0.2) is 16.4 Å². The van der Waals surface area contributed by atoms with Crippen LogP contribution < -0.4 is 11.1 Å². The van der Waals surface area contributed by atoms with E-state index in [0.717, 1.165) is 42.1 Å². The van der Waals surface area contributed by atoms with Crippen LogP contribution in [0.3, 0.4) is 0 Å². The first-order valence-corrected chi connectivity index (χ1v) is 7.08. The SMILES string of the molecule is NC1(CC(=O)Nc2cccc3cnccc23)CCCC1. The van der Waals surface area contributed by atoms with Crippen molar-refractivity contribution in [2.45, 2.75) is 37.6 Å². The van der Waals surface area contributed by atoms with Crippen molar-refractivity contribution in [3.05, 3.63) is 36.7 Å². The van der Waals surface area contributed by atoms with Gasteiger partial charge in [-0.05, 0) is 25.0 Å². The second kappa shape index (κ2) is 5.21. The molecule has 0 radical (unpaired) electrons. The topological polar surface area (TPSA) is 68.0 Å². The van der Waals surface area contributed by atoms with Crippen molar-refractivity contribution >= 4 is 22.4 Å². The number of hydrogen-bond acceptors (Lipinski definition) is 3. The van der Waals surface area contributed by atoms with Gasteiger partial charge in [0.2, 0.25) is 5.91 Å². The molecule has 0 spiro atoms. The molecule has 1 saturated carbocycles. The smallest absolute Gasteiger partial charge is 0.226 e. The van der Waals surface area contributed by atoms with Crippen molar-refractivity contribution < 1.29 is 4.79 Å². The molecule has 1 amide bonds. The molecule has 2 aromatic rings. The fraction of sp³-hybridized carbons (Fsp3) is 0.375. The maximum Gasteiger partial charge on any atom is 0.226 e. The monoisotopic (exact) mass is 269 g/mol. The molecule has 1 aliphatic carbocycles. The molecule has 3 rings (SSSR count). The molecule has 1 aromatic carbocycles. The van der Waals surface area contributed by atoms with Crippen molar-refractivity contribution in [3.63, 3.8) is 0 Å². The predicted octanol–water partition coefficient (Wildman–Crippen LogP) is 2.83. The Bertz CT molecular complexity index is 627. The quantitative estimate of drug-likeness (QED) is 0.900. The van der Waals surface area contributed by atoms with Crippen LogP contribution in [0.1, 0.15) is 32.1 Å². The van der Waals surface area contributed by atoms with Crippen LogP contribution >= 0.6 is 0 Å². The highest BCUT2D eigenvalue weighted by molar-refractivity contribution is 6.02. The first kappa shape index (κ1) is 13.1. The van der Waals surface area contributed by atoms with Crippen molar-refractivity contribution in [3.8, 4) is 0 Å². The summed E-state index contributed by atoms with van der Waals surface area (Å²) in [5.41, 5.74) is 6.78. The van der Waals surface area contributed by atoms with Crippen molar-refractivity contribution in [2.24, 2.45) is 5.73 Å². The molecular weight excluding hydrogens is 250 g/mol. The van der Waals surface area contributed by atoms with E-state index < -0.39 is 0 Å². The lowest BCUT2D eigenvalue weighted by atomic mass is 9.94. The maximum atomic E-state index is 12.2. The normalized spacial score (nSPS) is 17.2. The van der Waals surface area contributed by atoms with E-state index in [1.54, 1.807) is 12.4 Å². The van der Waals surface area contributed by atoms with Crippen LogP contribution in [0.4, 0.5) is 5.69 Å². The Morgan fingerprint density at radius 3 is 2.90 bits per heavy atom. The number of hydrogen-bond donors (Lipinski definition) is 2. The molecule has 0 bridgehead atoms. The van der Waals surface area contributed by atoms with Gasteiger partial charge in [-0.25, -0.2) is 0 Å². The lowest BCUT2D eigenvalue weighted by Gasteiger charge is -2.22. The number of carbonyl (C=O) groups excluding carboxylic acids is 1. The molecule has 3 N–H and O–H groups in total. The summed E-state index contributed by atoms with van der Waals surface area (Å²) < 4.78 is 0. The number of amides is 1. The highest BCUT2D eigenvalue weighted by atomic mass is 16.1. The molecule has 20 heavy (non-hydrogen) atoms. The Hall–Kier alpha value is -1.94. The Morgan fingerprint density at radius 1 is 1.30 bits per heavy atom. The molecule has 4 nitrogen and oxygen atoms in total. The molecule has 104 valence electrons. The summed E-state index contributed by atoms with van der Waals surface area (Å²) in [5, 5.41) is 5.02. The number of pyridine rings is 1. The summed E-state index contributed by atoms with van der Waals surface area (Å²) >= 11 is 0. The Balaban J connectivity index is 1.77. The Morgan fingerprint density at radius 2 is 2.10 bits per heavy atom.